The Balaban J connectivity index is 1.71. The molecule has 1 aliphatic heterocycles. The van der Waals surface area contributed by atoms with E-state index in [9.17, 15) is 4.39 Å². The van der Waals surface area contributed by atoms with E-state index in [2.05, 4.69) is 34.5 Å². The first-order chi connectivity index (χ1) is 10.2. The molecule has 1 unspecified atom stereocenters. The maximum absolute atomic E-state index is 14.1. The van der Waals surface area contributed by atoms with Crippen molar-refractivity contribution < 1.29 is 4.39 Å². The van der Waals surface area contributed by atoms with Gasteiger partial charge in [0.25, 0.3) is 0 Å². The summed E-state index contributed by atoms with van der Waals surface area (Å²) in [7, 11) is 0. The van der Waals surface area contributed by atoms with Gasteiger partial charge < -0.3 is 10.2 Å². The Hall–Kier alpha value is -1.87. The van der Waals surface area contributed by atoms with Crippen LogP contribution in [0.25, 0.3) is 0 Å². The molecule has 21 heavy (non-hydrogen) atoms. The molecule has 2 aromatic rings. The zero-order chi connectivity index (χ0) is 14.7. The van der Waals surface area contributed by atoms with Gasteiger partial charge in [0.2, 0.25) is 0 Å². The number of rotatable bonds is 3. The Morgan fingerprint density at radius 3 is 2.76 bits per heavy atom. The van der Waals surface area contributed by atoms with Gasteiger partial charge in [0.1, 0.15) is 5.82 Å². The summed E-state index contributed by atoms with van der Waals surface area (Å²) in [6.07, 6.45) is 0.977. The standard InChI is InChI=1S/C18H21FN2/c1-14-7-8-18(17(19)11-14)21-10-9-20-16(13-21)12-15-5-3-2-4-6-15/h2-8,11,16,20H,9-10,12-13H2,1H3. The van der Waals surface area contributed by atoms with Crippen LogP contribution in [0.3, 0.4) is 0 Å². The molecular weight excluding hydrogens is 263 g/mol. The van der Waals surface area contributed by atoms with Crippen molar-refractivity contribution in [1.29, 1.82) is 0 Å². The van der Waals surface area contributed by atoms with Crippen molar-refractivity contribution in [3.8, 4) is 0 Å². The molecular formula is C18H21FN2. The molecule has 1 aliphatic rings. The summed E-state index contributed by atoms with van der Waals surface area (Å²) in [5.74, 6) is -0.115. The average Bonchev–Trinajstić information content (AvgIpc) is 2.48. The number of anilines is 1. The van der Waals surface area contributed by atoms with Crippen LogP contribution in [0.2, 0.25) is 0 Å². The summed E-state index contributed by atoms with van der Waals surface area (Å²) in [6, 6.07) is 16.3. The molecule has 0 radical (unpaired) electrons. The largest absolute Gasteiger partial charge is 0.366 e. The smallest absolute Gasteiger partial charge is 0.146 e. The summed E-state index contributed by atoms with van der Waals surface area (Å²) in [6.45, 7) is 4.51. The van der Waals surface area contributed by atoms with Gasteiger partial charge in [-0.1, -0.05) is 36.4 Å². The summed E-state index contributed by atoms with van der Waals surface area (Å²) < 4.78 is 14.1. The van der Waals surface area contributed by atoms with Crippen LogP contribution in [-0.4, -0.2) is 25.7 Å². The molecule has 0 saturated carbocycles. The lowest BCUT2D eigenvalue weighted by Crippen LogP contribution is -2.51. The molecule has 3 heteroatoms. The minimum Gasteiger partial charge on any atom is -0.366 e. The maximum atomic E-state index is 14.1. The van der Waals surface area contributed by atoms with Gasteiger partial charge in [-0.2, -0.15) is 0 Å². The van der Waals surface area contributed by atoms with Crippen molar-refractivity contribution in [3.63, 3.8) is 0 Å². The van der Waals surface area contributed by atoms with Crippen LogP contribution in [-0.2, 0) is 6.42 Å². The average molecular weight is 284 g/mol. The predicted octanol–water partition coefficient (Wildman–Crippen LogP) is 3.16. The van der Waals surface area contributed by atoms with Crippen molar-refractivity contribution >= 4 is 5.69 Å². The Kier molecular flexibility index (Phi) is 4.20. The van der Waals surface area contributed by atoms with Gasteiger partial charge >= 0.3 is 0 Å². The molecule has 2 aromatic carbocycles. The Labute approximate surface area is 125 Å². The molecule has 0 aromatic heterocycles. The fraction of sp³-hybridized carbons (Fsp3) is 0.333. The zero-order valence-corrected chi connectivity index (χ0v) is 12.3. The van der Waals surface area contributed by atoms with E-state index in [0.717, 1.165) is 37.3 Å². The molecule has 1 N–H and O–H groups in total. The minimum absolute atomic E-state index is 0.115. The highest BCUT2D eigenvalue weighted by atomic mass is 19.1. The lowest BCUT2D eigenvalue weighted by atomic mass is 10.0. The van der Waals surface area contributed by atoms with Crippen LogP contribution in [0.5, 0.6) is 0 Å². The molecule has 2 nitrogen and oxygen atoms in total. The molecule has 1 atom stereocenters. The van der Waals surface area contributed by atoms with Crippen LogP contribution >= 0.6 is 0 Å². The number of aryl methyl sites for hydroxylation is 1. The van der Waals surface area contributed by atoms with Gasteiger partial charge in [-0.25, -0.2) is 4.39 Å². The SMILES string of the molecule is Cc1ccc(N2CCNC(Cc3ccccc3)C2)c(F)c1. The number of piperazine rings is 1. The molecule has 110 valence electrons. The van der Waals surface area contributed by atoms with Gasteiger partial charge in [-0.05, 0) is 36.6 Å². The van der Waals surface area contributed by atoms with Crippen molar-refractivity contribution in [3.05, 3.63) is 65.5 Å². The first-order valence-corrected chi connectivity index (χ1v) is 7.51. The quantitative estimate of drug-likeness (QED) is 0.931. The Morgan fingerprint density at radius 2 is 2.00 bits per heavy atom. The van der Waals surface area contributed by atoms with Crippen LogP contribution in [0.1, 0.15) is 11.1 Å². The highest BCUT2D eigenvalue weighted by Crippen LogP contribution is 2.22. The lowest BCUT2D eigenvalue weighted by Gasteiger charge is -2.35. The van der Waals surface area contributed by atoms with E-state index in [1.165, 1.54) is 5.56 Å². The second kappa shape index (κ2) is 6.27. The second-order valence-electron chi connectivity index (χ2n) is 5.74. The van der Waals surface area contributed by atoms with E-state index < -0.39 is 0 Å². The van der Waals surface area contributed by atoms with Crippen LogP contribution < -0.4 is 10.2 Å². The topological polar surface area (TPSA) is 15.3 Å². The van der Waals surface area contributed by atoms with Gasteiger partial charge in [-0.15, -0.1) is 0 Å². The predicted molar refractivity (Wildman–Crippen MR) is 85.3 cm³/mol. The maximum Gasteiger partial charge on any atom is 0.146 e. The number of nitrogens with one attached hydrogen (secondary N) is 1. The van der Waals surface area contributed by atoms with Crippen molar-refractivity contribution in [2.45, 2.75) is 19.4 Å². The summed E-state index contributed by atoms with van der Waals surface area (Å²) in [4.78, 5) is 2.15. The van der Waals surface area contributed by atoms with Crippen molar-refractivity contribution in [2.24, 2.45) is 0 Å². The number of hydrogen-bond donors (Lipinski definition) is 1. The minimum atomic E-state index is -0.115. The Morgan fingerprint density at radius 1 is 1.19 bits per heavy atom. The van der Waals surface area contributed by atoms with Gasteiger partial charge in [0, 0.05) is 25.7 Å². The molecule has 0 bridgehead atoms. The van der Waals surface area contributed by atoms with E-state index in [4.69, 9.17) is 0 Å². The first kappa shape index (κ1) is 14.1. The van der Waals surface area contributed by atoms with Gasteiger partial charge in [0.05, 0.1) is 5.69 Å². The highest BCUT2D eigenvalue weighted by molar-refractivity contribution is 5.49. The van der Waals surface area contributed by atoms with E-state index in [0.29, 0.717) is 6.04 Å². The molecule has 1 fully saturated rings. The van der Waals surface area contributed by atoms with Crippen LogP contribution in [0.4, 0.5) is 10.1 Å². The monoisotopic (exact) mass is 284 g/mol. The second-order valence-corrected chi connectivity index (χ2v) is 5.74. The summed E-state index contributed by atoms with van der Waals surface area (Å²) >= 11 is 0. The molecule has 3 rings (SSSR count). The van der Waals surface area contributed by atoms with Crippen LogP contribution in [0.15, 0.2) is 48.5 Å². The Bertz CT molecular complexity index is 597. The fourth-order valence-corrected chi connectivity index (χ4v) is 2.95. The molecule has 0 aliphatic carbocycles. The third-order valence-corrected chi connectivity index (χ3v) is 4.02. The van der Waals surface area contributed by atoms with E-state index in [1.807, 2.05) is 25.1 Å². The van der Waals surface area contributed by atoms with Gasteiger partial charge in [-0.3, -0.25) is 0 Å². The third-order valence-electron chi connectivity index (χ3n) is 4.02. The number of halogens is 1. The van der Waals surface area contributed by atoms with Crippen molar-refractivity contribution in [1.82, 2.24) is 5.32 Å². The van der Waals surface area contributed by atoms with Crippen LogP contribution in [0, 0.1) is 12.7 Å². The molecule has 0 spiro atoms. The molecule has 0 amide bonds. The third kappa shape index (κ3) is 3.42. The van der Waals surface area contributed by atoms with Gasteiger partial charge in [0.15, 0.2) is 0 Å². The highest BCUT2D eigenvalue weighted by Gasteiger charge is 2.21. The fourth-order valence-electron chi connectivity index (χ4n) is 2.95. The van der Waals surface area contributed by atoms with E-state index >= 15 is 0 Å². The first-order valence-electron chi connectivity index (χ1n) is 7.51. The molecule has 1 heterocycles. The van der Waals surface area contributed by atoms with E-state index in [-0.39, 0.29) is 5.82 Å². The molecule has 1 saturated heterocycles. The summed E-state index contributed by atoms with van der Waals surface area (Å²) in [5.41, 5.74) is 3.01. The number of nitrogens with zero attached hydrogens (tertiary/aromatic N) is 1. The number of benzene rings is 2. The summed E-state index contributed by atoms with van der Waals surface area (Å²) in [5, 5.41) is 3.53. The number of hydrogen-bond acceptors (Lipinski definition) is 2. The normalized spacial score (nSPS) is 18.8. The van der Waals surface area contributed by atoms with Crippen molar-refractivity contribution in [2.75, 3.05) is 24.5 Å². The van der Waals surface area contributed by atoms with E-state index in [1.54, 1.807) is 6.07 Å². The lowest BCUT2D eigenvalue weighted by molar-refractivity contribution is 0.450. The zero-order valence-electron chi connectivity index (χ0n) is 12.3.